The molecule has 5 rings (SSSR count). The van der Waals surface area contributed by atoms with Gasteiger partial charge in [-0.3, -0.25) is 19.3 Å². The minimum atomic E-state index is -0.651. The molecule has 2 saturated heterocycles. The summed E-state index contributed by atoms with van der Waals surface area (Å²) in [6, 6.07) is 13.2. The highest BCUT2D eigenvalue weighted by Crippen LogP contribution is 2.49. The highest BCUT2D eigenvalue weighted by Gasteiger charge is 2.64. The Morgan fingerprint density at radius 3 is 2.09 bits per heavy atom. The molecule has 176 valence electrons. The lowest BCUT2D eigenvalue weighted by molar-refractivity contribution is -0.129. The lowest BCUT2D eigenvalue weighted by Gasteiger charge is -2.34. The van der Waals surface area contributed by atoms with Crippen molar-refractivity contribution in [1.29, 1.82) is 0 Å². The maximum absolute atomic E-state index is 14.0. The van der Waals surface area contributed by atoms with Crippen molar-refractivity contribution in [3.8, 4) is 0 Å². The van der Waals surface area contributed by atoms with Gasteiger partial charge in [-0.25, -0.2) is 4.90 Å². The molecule has 3 heterocycles. The van der Waals surface area contributed by atoms with Gasteiger partial charge in [0.1, 0.15) is 0 Å². The van der Waals surface area contributed by atoms with Crippen LogP contribution in [-0.4, -0.2) is 34.6 Å². The zero-order valence-electron chi connectivity index (χ0n) is 19.9. The largest absolute Gasteiger partial charge is 0.293 e. The fraction of sp³-hybridized carbons (Fsp3) is 0.393. The first-order valence-electron chi connectivity index (χ1n) is 11.9. The van der Waals surface area contributed by atoms with Crippen LogP contribution in [0.3, 0.4) is 0 Å². The SMILES string of the molecule is CC(C)c1cccc(C(C)C)c1N1C(=O)C2C(C1=O)C1C(=O)C=CC2N1Cc1ccccc1I. The number of rotatable bonds is 5. The predicted octanol–water partition coefficient (Wildman–Crippen LogP) is 5.04. The number of amides is 2. The Kier molecular flexibility index (Phi) is 6.01. The molecule has 0 saturated carbocycles. The standard InChI is InChI=1S/C28H29IN2O3/c1-15(2)18-9-7-10-19(16(3)4)25(18)31-27(33)23-21-12-13-22(32)26(24(23)28(31)34)30(21)14-17-8-5-6-11-20(17)29/h5-13,15-16,21,23-24,26H,14H2,1-4H3. The summed E-state index contributed by atoms with van der Waals surface area (Å²) in [6.07, 6.45) is 3.41. The van der Waals surface area contributed by atoms with Crippen molar-refractivity contribution in [2.75, 3.05) is 4.90 Å². The second-order valence-electron chi connectivity index (χ2n) is 10.1. The summed E-state index contributed by atoms with van der Waals surface area (Å²) in [5, 5.41) is 0. The van der Waals surface area contributed by atoms with Crippen LogP contribution >= 0.6 is 22.6 Å². The quantitative estimate of drug-likeness (QED) is 0.375. The highest BCUT2D eigenvalue weighted by molar-refractivity contribution is 14.1. The molecule has 2 aromatic carbocycles. The molecule has 6 heteroatoms. The van der Waals surface area contributed by atoms with Crippen LogP contribution in [0.15, 0.2) is 54.6 Å². The molecule has 5 nitrogen and oxygen atoms in total. The normalized spacial score (nSPS) is 26.3. The average molecular weight is 568 g/mol. The van der Waals surface area contributed by atoms with E-state index in [0.717, 1.165) is 25.9 Å². The lowest BCUT2D eigenvalue weighted by atomic mass is 9.90. The number of carbonyl (C=O) groups excluding carboxylic acids is 3. The molecular formula is C28H29IN2O3. The second-order valence-corrected chi connectivity index (χ2v) is 11.3. The van der Waals surface area contributed by atoms with Gasteiger partial charge in [0, 0.05) is 16.2 Å². The number of hydrogen-bond donors (Lipinski definition) is 0. The third-order valence-electron chi connectivity index (χ3n) is 7.47. The summed E-state index contributed by atoms with van der Waals surface area (Å²) in [5.41, 5.74) is 3.83. The summed E-state index contributed by atoms with van der Waals surface area (Å²) in [4.78, 5) is 44.6. The van der Waals surface area contributed by atoms with E-state index in [1.165, 1.54) is 4.90 Å². The van der Waals surface area contributed by atoms with Gasteiger partial charge in [-0.05, 0) is 63.3 Å². The number of hydrogen-bond acceptors (Lipinski definition) is 4. The van der Waals surface area contributed by atoms with E-state index in [4.69, 9.17) is 0 Å². The molecule has 4 unspecified atom stereocenters. The molecule has 4 atom stereocenters. The number of para-hydroxylation sites is 1. The van der Waals surface area contributed by atoms with Crippen LogP contribution in [0, 0.1) is 15.4 Å². The molecule has 0 N–H and O–H groups in total. The first-order valence-corrected chi connectivity index (χ1v) is 13.0. The summed E-state index contributed by atoms with van der Waals surface area (Å²) in [7, 11) is 0. The second kappa shape index (κ2) is 8.72. The monoisotopic (exact) mass is 568 g/mol. The zero-order chi connectivity index (χ0) is 24.3. The van der Waals surface area contributed by atoms with Gasteiger partial charge in [0.25, 0.3) is 0 Å². The van der Waals surface area contributed by atoms with E-state index in [9.17, 15) is 14.4 Å². The summed E-state index contributed by atoms with van der Waals surface area (Å²) < 4.78 is 1.11. The number of nitrogens with zero attached hydrogens (tertiary/aromatic N) is 2. The molecular weight excluding hydrogens is 539 g/mol. The third kappa shape index (κ3) is 3.49. The van der Waals surface area contributed by atoms with E-state index in [2.05, 4.69) is 55.2 Å². The fourth-order valence-electron chi connectivity index (χ4n) is 5.88. The molecule has 3 aliphatic heterocycles. The van der Waals surface area contributed by atoms with Crippen LogP contribution < -0.4 is 4.90 Å². The Morgan fingerprint density at radius 2 is 1.47 bits per heavy atom. The summed E-state index contributed by atoms with van der Waals surface area (Å²) in [6.45, 7) is 8.87. The van der Waals surface area contributed by atoms with Crippen molar-refractivity contribution >= 4 is 45.9 Å². The van der Waals surface area contributed by atoms with E-state index in [0.29, 0.717) is 6.54 Å². The smallest absolute Gasteiger partial charge is 0.239 e. The van der Waals surface area contributed by atoms with Crippen molar-refractivity contribution < 1.29 is 14.4 Å². The first kappa shape index (κ1) is 23.4. The number of halogens is 1. The minimum absolute atomic E-state index is 0.0843. The van der Waals surface area contributed by atoms with E-state index in [1.54, 1.807) is 6.08 Å². The first-order chi connectivity index (χ1) is 16.2. The predicted molar refractivity (Wildman–Crippen MR) is 141 cm³/mol. The molecule has 2 amide bonds. The van der Waals surface area contributed by atoms with Gasteiger partial charge in [0.15, 0.2) is 5.78 Å². The van der Waals surface area contributed by atoms with Crippen LogP contribution in [0.2, 0.25) is 0 Å². The summed E-state index contributed by atoms with van der Waals surface area (Å²) in [5.74, 6) is -1.37. The highest BCUT2D eigenvalue weighted by atomic mass is 127. The van der Waals surface area contributed by atoms with Crippen LogP contribution in [0.5, 0.6) is 0 Å². The molecule has 3 aliphatic rings. The molecule has 2 bridgehead atoms. The van der Waals surface area contributed by atoms with Crippen molar-refractivity contribution in [2.45, 2.75) is 58.2 Å². The summed E-state index contributed by atoms with van der Waals surface area (Å²) >= 11 is 2.30. The minimum Gasteiger partial charge on any atom is -0.293 e. The average Bonchev–Trinajstić information content (AvgIpc) is 3.18. The number of carbonyl (C=O) groups is 3. The Labute approximate surface area is 214 Å². The Balaban J connectivity index is 1.58. The lowest BCUT2D eigenvalue weighted by Crippen LogP contribution is -2.49. The third-order valence-corrected chi connectivity index (χ3v) is 8.52. The molecule has 2 fully saturated rings. The van der Waals surface area contributed by atoms with Crippen LogP contribution in [0.1, 0.15) is 56.2 Å². The number of imide groups is 1. The van der Waals surface area contributed by atoms with Crippen molar-refractivity contribution in [3.63, 3.8) is 0 Å². The molecule has 0 aliphatic carbocycles. The number of benzene rings is 2. The van der Waals surface area contributed by atoms with Crippen LogP contribution in [0.25, 0.3) is 0 Å². The number of fused-ring (bicyclic) bond motifs is 5. The van der Waals surface area contributed by atoms with Gasteiger partial charge in [-0.15, -0.1) is 0 Å². The van der Waals surface area contributed by atoms with Crippen molar-refractivity contribution in [3.05, 3.63) is 74.9 Å². The van der Waals surface area contributed by atoms with Crippen molar-refractivity contribution in [1.82, 2.24) is 4.90 Å². The van der Waals surface area contributed by atoms with Gasteiger partial charge < -0.3 is 0 Å². The Hall–Kier alpha value is -2.32. The van der Waals surface area contributed by atoms with Gasteiger partial charge in [0.2, 0.25) is 11.8 Å². The fourth-order valence-corrected chi connectivity index (χ4v) is 6.44. The molecule has 2 aromatic rings. The molecule has 0 aromatic heterocycles. The number of anilines is 1. The molecule has 34 heavy (non-hydrogen) atoms. The topological polar surface area (TPSA) is 57.7 Å². The van der Waals surface area contributed by atoms with E-state index in [-0.39, 0.29) is 35.5 Å². The maximum Gasteiger partial charge on any atom is 0.239 e. The molecule has 0 radical (unpaired) electrons. The van der Waals surface area contributed by atoms with Crippen LogP contribution in [-0.2, 0) is 20.9 Å². The Bertz CT molecular complexity index is 1190. The van der Waals surface area contributed by atoms with E-state index in [1.807, 2.05) is 48.5 Å². The van der Waals surface area contributed by atoms with E-state index < -0.39 is 17.9 Å². The van der Waals surface area contributed by atoms with Gasteiger partial charge >= 0.3 is 0 Å². The van der Waals surface area contributed by atoms with E-state index >= 15 is 0 Å². The maximum atomic E-state index is 14.0. The van der Waals surface area contributed by atoms with Crippen molar-refractivity contribution in [2.24, 2.45) is 11.8 Å². The van der Waals surface area contributed by atoms with Gasteiger partial charge in [-0.1, -0.05) is 70.2 Å². The van der Waals surface area contributed by atoms with Gasteiger partial charge in [0.05, 0.1) is 23.6 Å². The van der Waals surface area contributed by atoms with Crippen LogP contribution in [0.4, 0.5) is 5.69 Å². The zero-order valence-corrected chi connectivity index (χ0v) is 22.0. The Morgan fingerprint density at radius 1 is 0.853 bits per heavy atom. The number of ketones is 1. The molecule has 0 spiro atoms. The van der Waals surface area contributed by atoms with Gasteiger partial charge in [-0.2, -0.15) is 0 Å².